The lowest BCUT2D eigenvalue weighted by Gasteiger charge is -2.31. The van der Waals surface area contributed by atoms with Crippen LogP contribution in [0.2, 0.25) is 0 Å². The predicted molar refractivity (Wildman–Crippen MR) is 96.8 cm³/mol. The average Bonchev–Trinajstić information content (AvgIpc) is 2.63. The summed E-state index contributed by atoms with van der Waals surface area (Å²) in [7, 11) is 0. The highest BCUT2D eigenvalue weighted by molar-refractivity contribution is 5.94. The molecule has 0 saturated heterocycles. The van der Waals surface area contributed by atoms with Crippen molar-refractivity contribution in [1.82, 2.24) is 9.97 Å². The van der Waals surface area contributed by atoms with Crippen molar-refractivity contribution >= 4 is 16.5 Å². The molecule has 0 aliphatic carbocycles. The van der Waals surface area contributed by atoms with Gasteiger partial charge in [-0.2, -0.15) is 0 Å². The molecule has 4 rings (SSSR count). The lowest BCUT2D eigenvalue weighted by Crippen LogP contribution is -2.31. The van der Waals surface area contributed by atoms with Crippen LogP contribution < -0.4 is 4.90 Å². The minimum absolute atomic E-state index is 0.868. The third-order valence-electron chi connectivity index (χ3n) is 4.33. The first kappa shape index (κ1) is 15.5. The van der Waals surface area contributed by atoms with E-state index in [0.717, 1.165) is 25.2 Å². The van der Waals surface area contributed by atoms with Gasteiger partial charge in [0.1, 0.15) is 6.33 Å². The smallest absolute Gasteiger partial charge is 0.116 e. The Hall–Kier alpha value is -2.42. The van der Waals surface area contributed by atoms with Crippen molar-refractivity contribution in [2.24, 2.45) is 0 Å². The molecule has 0 N–H and O–H groups in total. The average molecular weight is 305 g/mol. The van der Waals surface area contributed by atoms with Crippen LogP contribution in [0, 0.1) is 6.92 Å². The first-order chi connectivity index (χ1) is 11.3. The van der Waals surface area contributed by atoms with Crippen LogP contribution in [0.3, 0.4) is 0 Å². The highest BCUT2D eigenvalue weighted by Crippen LogP contribution is 2.30. The summed E-state index contributed by atoms with van der Waals surface area (Å²) in [6, 6.07) is 15.1. The zero-order chi connectivity index (χ0) is 16.2. The molecule has 1 aliphatic heterocycles. The van der Waals surface area contributed by atoms with Crippen molar-refractivity contribution < 1.29 is 0 Å². The summed E-state index contributed by atoms with van der Waals surface area (Å²) in [5, 5.41) is 2.61. The highest BCUT2D eigenvalue weighted by atomic mass is 15.1. The largest absolute Gasteiger partial charge is 0.365 e. The van der Waals surface area contributed by atoms with Gasteiger partial charge in [0.05, 0.1) is 12.2 Å². The minimum atomic E-state index is 0.868. The monoisotopic (exact) mass is 305 g/mol. The number of aryl methyl sites for hydroxylation is 1. The Bertz CT molecular complexity index is 806. The third-order valence-corrected chi connectivity index (χ3v) is 4.33. The van der Waals surface area contributed by atoms with Gasteiger partial charge in [0, 0.05) is 23.3 Å². The first-order valence-corrected chi connectivity index (χ1v) is 8.35. The first-order valence-electron chi connectivity index (χ1n) is 8.35. The molecule has 3 aromatic rings. The van der Waals surface area contributed by atoms with Gasteiger partial charge in [-0.3, -0.25) is 0 Å². The van der Waals surface area contributed by atoms with Gasteiger partial charge in [-0.15, -0.1) is 0 Å². The fraction of sp³-hybridized carbons (Fsp3) is 0.300. The number of aromatic nitrogens is 2. The Morgan fingerprint density at radius 3 is 2.61 bits per heavy atom. The number of fused-ring (bicyclic) bond motifs is 2. The number of hydrogen-bond acceptors (Lipinski definition) is 3. The van der Waals surface area contributed by atoms with Crippen LogP contribution in [0.25, 0.3) is 10.8 Å². The molecule has 1 aliphatic rings. The molecular weight excluding hydrogens is 282 g/mol. The van der Waals surface area contributed by atoms with E-state index >= 15 is 0 Å². The van der Waals surface area contributed by atoms with Crippen LogP contribution >= 0.6 is 0 Å². The number of nitrogens with zero attached hydrogens (tertiary/aromatic N) is 3. The van der Waals surface area contributed by atoms with Crippen molar-refractivity contribution in [2.75, 3.05) is 11.4 Å². The number of anilines is 1. The molecule has 0 fully saturated rings. The zero-order valence-electron chi connectivity index (χ0n) is 14.1. The van der Waals surface area contributed by atoms with E-state index in [9.17, 15) is 0 Å². The summed E-state index contributed by atoms with van der Waals surface area (Å²) in [5.41, 5.74) is 4.92. The van der Waals surface area contributed by atoms with E-state index in [1.807, 2.05) is 13.8 Å². The van der Waals surface area contributed by atoms with E-state index in [0.29, 0.717) is 0 Å². The molecule has 0 saturated carbocycles. The maximum absolute atomic E-state index is 4.48. The molecule has 2 aromatic carbocycles. The van der Waals surface area contributed by atoms with E-state index in [-0.39, 0.29) is 0 Å². The van der Waals surface area contributed by atoms with Gasteiger partial charge in [0.15, 0.2) is 0 Å². The van der Waals surface area contributed by atoms with E-state index in [2.05, 4.69) is 64.3 Å². The second-order valence-electron chi connectivity index (χ2n) is 5.55. The van der Waals surface area contributed by atoms with Crippen LogP contribution in [0.15, 0.2) is 48.8 Å². The van der Waals surface area contributed by atoms with Crippen molar-refractivity contribution in [3.05, 3.63) is 65.7 Å². The van der Waals surface area contributed by atoms with E-state index < -0.39 is 0 Å². The van der Waals surface area contributed by atoms with Crippen LogP contribution in [0.1, 0.15) is 30.8 Å². The van der Waals surface area contributed by atoms with Crippen LogP contribution in [-0.2, 0) is 13.0 Å². The molecule has 0 amide bonds. The van der Waals surface area contributed by atoms with Gasteiger partial charge in [-0.25, -0.2) is 9.97 Å². The highest BCUT2D eigenvalue weighted by Gasteiger charge is 2.20. The molecule has 1 aromatic heterocycles. The van der Waals surface area contributed by atoms with Crippen molar-refractivity contribution in [3.8, 4) is 0 Å². The van der Waals surface area contributed by atoms with E-state index in [1.54, 1.807) is 6.33 Å². The Labute approximate surface area is 138 Å². The molecule has 0 atom stereocenters. The topological polar surface area (TPSA) is 29.0 Å². The standard InChI is InChI=1S/C18H17N3.C2H6/c1-13-15-9-10-21(11-17(15)20-12-19-13)18-8-4-6-14-5-2-3-7-16(14)18;1-2/h2-8,12H,9-11H2,1H3;1-2H3. The Morgan fingerprint density at radius 2 is 1.74 bits per heavy atom. The van der Waals surface area contributed by atoms with Gasteiger partial charge in [0.25, 0.3) is 0 Å². The predicted octanol–water partition coefficient (Wildman–Crippen LogP) is 4.53. The third kappa shape index (κ3) is 2.91. The summed E-state index contributed by atoms with van der Waals surface area (Å²) >= 11 is 0. The second-order valence-corrected chi connectivity index (χ2v) is 5.55. The SMILES string of the molecule is CC.Cc1ncnc2c1CCN(c1cccc3ccccc13)C2. The molecule has 0 unspecified atom stereocenters. The Kier molecular flexibility index (Phi) is 4.56. The summed E-state index contributed by atoms with van der Waals surface area (Å²) in [5.74, 6) is 0. The lowest BCUT2D eigenvalue weighted by atomic mass is 10.0. The Balaban J connectivity index is 0.000000753. The molecule has 3 nitrogen and oxygen atoms in total. The summed E-state index contributed by atoms with van der Waals surface area (Å²) in [4.78, 5) is 11.2. The van der Waals surface area contributed by atoms with Crippen molar-refractivity contribution in [2.45, 2.75) is 33.7 Å². The zero-order valence-corrected chi connectivity index (χ0v) is 14.1. The number of benzene rings is 2. The van der Waals surface area contributed by atoms with E-state index in [1.165, 1.54) is 27.7 Å². The summed E-state index contributed by atoms with van der Waals surface area (Å²) < 4.78 is 0. The molecular formula is C20H23N3. The van der Waals surface area contributed by atoms with Gasteiger partial charge in [-0.1, -0.05) is 50.2 Å². The van der Waals surface area contributed by atoms with Crippen LogP contribution in [-0.4, -0.2) is 16.5 Å². The quantitative estimate of drug-likeness (QED) is 0.661. The van der Waals surface area contributed by atoms with Gasteiger partial charge in [-0.05, 0) is 30.4 Å². The molecule has 2 heterocycles. The fourth-order valence-corrected chi connectivity index (χ4v) is 3.21. The lowest BCUT2D eigenvalue weighted by molar-refractivity contribution is 0.699. The maximum Gasteiger partial charge on any atom is 0.116 e. The van der Waals surface area contributed by atoms with E-state index in [4.69, 9.17) is 0 Å². The summed E-state index contributed by atoms with van der Waals surface area (Å²) in [6.45, 7) is 7.97. The van der Waals surface area contributed by atoms with Crippen LogP contribution in [0.5, 0.6) is 0 Å². The Morgan fingerprint density at radius 1 is 0.957 bits per heavy atom. The molecule has 0 bridgehead atoms. The number of rotatable bonds is 1. The van der Waals surface area contributed by atoms with Crippen molar-refractivity contribution in [3.63, 3.8) is 0 Å². The van der Waals surface area contributed by atoms with Crippen LogP contribution in [0.4, 0.5) is 5.69 Å². The summed E-state index contributed by atoms with van der Waals surface area (Å²) in [6.07, 6.45) is 2.70. The van der Waals surface area contributed by atoms with Gasteiger partial charge >= 0.3 is 0 Å². The van der Waals surface area contributed by atoms with Crippen molar-refractivity contribution in [1.29, 1.82) is 0 Å². The fourth-order valence-electron chi connectivity index (χ4n) is 3.21. The molecule has 118 valence electrons. The van der Waals surface area contributed by atoms with Gasteiger partial charge in [0.2, 0.25) is 0 Å². The molecule has 3 heteroatoms. The molecule has 0 radical (unpaired) electrons. The number of hydrogen-bond donors (Lipinski definition) is 0. The maximum atomic E-state index is 4.48. The van der Waals surface area contributed by atoms with Gasteiger partial charge < -0.3 is 4.90 Å². The molecule has 0 spiro atoms. The normalized spacial score (nSPS) is 13.3. The minimum Gasteiger partial charge on any atom is -0.365 e. The molecule has 23 heavy (non-hydrogen) atoms. The second kappa shape index (κ2) is 6.78.